The predicted octanol–water partition coefficient (Wildman–Crippen LogP) is 0.202. The van der Waals surface area contributed by atoms with Crippen molar-refractivity contribution in [1.82, 2.24) is 15.2 Å². The van der Waals surface area contributed by atoms with Gasteiger partial charge in [-0.2, -0.15) is 0 Å². The van der Waals surface area contributed by atoms with Crippen molar-refractivity contribution in [2.75, 3.05) is 65.0 Å². The van der Waals surface area contributed by atoms with Gasteiger partial charge in [0.25, 0.3) is 5.91 Å². The average molecular weight is 308 g/mol. The van der Waals surface area contributed by atoms with Crippen LogP contribution in [0, 0.1) is 0 Å². The molecule has 7 heteroatoms. The van der Waals surface area contributed by atoms with Gasteiger partial charge in [-0.05, 0) is 12.1 Å². The Bertz CT molecular complexity index is 464. The standard InChI is InChI=1S/C15H24N4O3/c1-21-9-5-16-13-2-3-17-14(12-13)15(20)18-4-6-19-7-10-22-11-8-19/h2-3,12H,4-11H2,1H3,(H,16,17)(H,18,20). The smallest absolute Gasteiger partial charge is 0.269 e. The van der Waals surface area contributed by atoms with Crippen LogP contribution in [0.3, 0.4) is 0 Å². The highest BCUT2D eigenvalue weighted by Crippen LogP contribution is 2.07. The van der Waals surface area contributed by atoms with Gasteiger partial charge in [-0.1, -0.05) is 0 Å². The van der Waals surface area contributed by atoms with Crippen LogP contribution in [-0.2, 0) is 9.47 Å². The number of ether oxygens (including phenoxy) is 2. The van der Waals surface area contributed by atoms with Crippen molar-refractivity contribution in [1.29, 1.82) is 0 Å². The maximum Gasteiger partial charge on any atom is 0.269 e. The molecule has 1 aromatic heterocycles. The third-order valence-corrected chi connectivity index (χ3v) is 3.45. The van der Waals surface area contributed by atoms with Gasteiger partial charge in [0.2, 0.25) is 0 Å². The Labute approximate surface area is 131 Å². The van der Waals surface area contributed by atoms with E-state index in [1.807, 2.05) is 6.07 Å². The second-order valence-electron chi connectivity index (χ2n) is 5.06. The number of hydrogen-bond donors (Lipinski definition) is 2. The quantitative estimate of drug-likeness (QED) is 0.668. The fourth-order valence-electron chi connectivity index (χ4n) is 2.20. The number of amides is 1. The number of nitrogens with one attached hydrogen (secondary N) is 2. The number of aromatic nitrogens is 1. The Hall–Kier alpha value is -1.70. The maximum atomic E-state index is 12.1. The van der Waals surface area contributed by atoms with Gasteiger partial charge < -0.3 is 20.1 Å². The molecule has 1 fully saturated rings. The van der Waals surface area contributed by atoms with Crippen molar-refractivity contribution in [3.8, 4) is 0 Å². The summed E-state index contributed by atoms with van der Waals surface area (Å²) in [5.74, 6) is -0.149. The Kier molecular flexibility index (Phi) is 7.08. The van der Waals surface area contributed by atoms with Gasteiger partial charge in [0, 0.05) is 51.7 Å². The van der Waals surface area contributed by atoms with Gasteiger partial charge in [0.1, 0.15) is 5.69 Å². The fraction of sp³-hybridized carbons (Fsp3) is 0.600. The number of nitrogens with zero attached hydrogens (tertiary/aromatic N) is 2. The van der Waals surface area contributed by atoms with E-state index in [-0.39, 0.29) is 5.91 Å². The number of anilines is 1. The van der Waals surface area contributed by atoms with Crippen molar-refractivity contribution < 1.29 is 14.3 Å². The summed E-state index contributed by atoms with van der Waals surface area (Å²) in [7, 11) is 1.65. The molecule has 0 spiro atoms. The van der Waals surface area contributed by atoms with E-state index < -0.39 is 0 Å². The predicted molar refractivity (Wildman–Crippen MR) is 84.2 cm³/mol. The molecule has 22 heavy (non-hydrogen) atoms. The van der Waals surface area contributed by atoms with Gasteiger partial charge in [-0.25, -0.2) is 0 Å². The molecular weight excluding hydrogens is 284 g/mol. The van der Waals surface area contributed by atoms with Gasteiger partial charge in [-0.3, -0.25) is 14.7 Å². The molecule has 0 aliphatic carbocycles. The molecule has 1 amide bonds. The van der Waals surface area contributed by atoms with E-state index in [2.05, 4.69) is 20.5 Å². The molecule has 0 atom stereocenters. The number of pyridine rings is 1. The number of morpholine rings is 1. The number of carbonyl (C=O) groups excluding carboxylic acids is 1. The van der Waals surface area contributed by atoms with E-state index in [0.29, 0.717) is 25.4 Å². The van der Waals surface area contributed by atoms with Crippen LogP contribution in [-0.4, -0.2) is 75.4 Å². The molecule has 1 aliphatic heterocycles. The summed E-state index contributed by atoms with van der Waals surface area (Å²) in [4.78, 5) is 18.5. The minimum Gasteiger partial charge on any atom is -0.383 e. The number of methoxy groups -OCH3 is 1. The number of rotatable bonds is 8. The summed E-state index contributed by atoms with van der Waals surface area (Å²) in [5.41, 5.74) is 1.29. The maximum absolute atomic E-state index is 12.1. The molecule has 7 nitrogen and oxygen atoms in total. The van der Waals surface area contributed by atoms with Crippen molar-refractivity contribution in [3.05, 3.63) is 24.0 Å². The Morgan fingerprint density at radius 1 is 1.41 bits per heavy atom. The summed E-state index contributed by atoms with van der Waals surface area (Å²) in [5, 5.41) is 6.09. The van der Waals surface area contributed by atoms with E-state index in [4.69, 9.17) is 9.47 Å². The van der Waals surface area contributed by atoms with E-state index in [9.17, 15) is 4.79 Å². The van der Waals surface area contributed by atoms with Crippen molar-refractivity contribution in [3.63, 3.8) is 0 Å². The van der Waals surface area contributed by atoms with E-state index in [0.717, 1.165) is 38.5 Å². The lowest BCUT2D eigenvalue weighted by Crippen LogP contribution is -2.41. The average Bonchev–Trinajstić information content (AvgIpc) is 2.56. The van der Waals surface area contributed by atoms with Crippen LogP contribution in [0.5, 0.6) is 0 Å². The molecule has 0 unspecified atom stereocenters. The lowest BCUT2D eigenvalue weighted by atomic mass is 10.3. The zero-order valence-corrected chi connectivity index (χ0v) is 13.0. The van der Waals surface area contributed by atoms with E-state index >= 15 is 0 Å². The highest BCUT2D eigenvalue weighted by Gasteiger charge is 2.11. The van der Waals surface area contributed by atoms with Crippen LogP contribution < -0.4 is 10.6 Å². The van der Waals surface area contributed by atoms with Gasteiger partial charge >= 0.3 is 0 Å². The molecule has 1 saturated heterocycles. The number of hydrogen-bond acceptors (Lipinski definition) is 6. The monoisotopic (exact) mass is 308 g/mol. The van der Waals surface area contributed by atoms with Crippen molar-refractivity contribution >= 4 is 11.6 Å². The third kappa shape index (κ3) is 5.59. The SMILES string of the molecule is COCCNc1ccnc(C(=O)NCCN2CCOCC2)c1. The third-order valence-electron chi connectivity index (χ3n) is 3.45. The van der Waals surface area contributed by atoms with E-state index in [1.54, 1.807) is 19.4 Å². The lowest BCUT2D eigenvalue weighted by Gasteiger charge is -2.26. The van der Waals surface area contributed by atoms with Crippen molar-refractivity contribution in [2.45, 2.75) is 0 Å². The first-order valence-electron chi connectivity index (χ1n) is 7.57. The Morgan fingerprint density at radius 3 is 3.00 bits per heavy atom. The Morgan fingerprint density at radius 2 is 2.23 bits per heavy atom. The topological polar surface area (TPSA) is 75.7 Å². The van der Waals surface area contributed by atoms with Crippen molar-refractivity contribution in [2.24, 2.45) is 0 Å². The minimum atomic E-state index is -0.149. The second kappa shape index (κ2) is 9.34. The molecule has 2 heterocycles. The van der Waals surface area contributed by atoms with Gasteiger partial charge in [0.15, 0.2) is 0 Å². The minimum absolute atomic E-state index is 0.149. The normalized spacial score (nSPS) is 15.5. The summed E-state index contributed by atoms with van der Waals surface area (Å²) >= 11 is 0. The first-order valence-corrected chi connectivity index (χ1v) is 7.57. The lowest BCUT2D eigenvalue weighted by molar-refractivity contribution is 0.0383. The molecule has 2 rings (SSSR count). The fourth-order valence-corrected chi connectivity index (χ4v) is 2.20. The highest BCUT2D eigenvalue weighted by atomic mass is 16.5. The van der Waals surface area contributed by atoms with E-state index in [1.165, 1.54) is 0 Å². The van der Waals surface area contributed by atoms with Crippen LogP contribution in [0.25, 0.3) is 0 Å². The zero-order valence-electron chi connectivity index (χ0n) is 13.0. The summed E-state index contributed by atoms with van der Waals surface area (Å²) in [6.45, 7) is 6.14. The highest BCUT2D eigenvalue weighted by molar-refractivity contribution is 5.93. The largest absolute Gasteiger partial charge is 0.383 e. The Balaban J connectivity index is 1.75. The second-order valence-corrected chi connectivity index (χ2v) is 5.06. The van der Waals surface area contributed by atoms with Gasteiger partial charge in [-0.15, -0.1) is 0 Å². The number of carbonyl (C=O) groups is 1. The summed E-state index contributed by atoms with van der Waals surface area (Å²) in [6, 6.07) is 3.58. The molecule has 0 aromatic carbocycles. The molecule has 0 radical (unpaired) electrons. The van der Waals surface area contributed by atoms with Crippen LogP contribution in [0.1, 0.15) is 10.5 Å². The summed E-state index contributed by atoms with van der Waals surface area (Å²) < 4.78 is 10.3. The molecule has 1 aliphatic rings. The molecule has 1 aromatic rings. The van der Waals surface area contributed by atoms with Crippen LogP contribution >= 0.6 is 0 Å². The van der Waals surface area contributed by atoms with Gasteiger partial charge in [0.05, 0.1) is 19.8 Å². The molecule has 122 valence electrons. The van der Waals surface area contributed by atoms with Crippen LogP contribution in [0.15, 0.2) is 18.3 Å². The molecule has 0 bridgehead atoms. The first-order chi connectivity index (χ1) is 10.8. The van der Waals surface area contributed by atoms with Crippen LogP contribution in [0.2, 0.25) is 0 Å². The summed E-state index contributed by atoms with van der Waals surface area (Å²) in [6.07, 6.45) is 1.63. The first kappa shape index (κ1) is 16.7. The molecule has 2 N–H and O–H groups in total. The zero-order chi connectivity index (χ0) is 15.6. The molecule has 0 saturated carbocycles. The van der Waals surface area contributed by atoms with Crippen LogP contribution in [0.4, 0.5) is 5.69 Å². The molecular formula is C15H24N4O3.